The van der Waals surface area contributed by atoms with E-state index in [4.69, 9.17) is 4.74 Å². The molecular formula is C21H18N4O6. The number of benzene rings is 2. The molecular weight excluding hydrogens is 404 g/mol. The molecule has 0 spiro atoms. The van der Waals surface area contributed by atoms with Crippen LogP contribution in [0.5, 0.6) is 5.75 Å². The van der Waals surface area contributed by atoms with Crippen LogP contribution in [0.3, 0.4) is 0 Å². The van der Waals surface area contributed by atoms with Crippen molar-refractivity contribution in [2.45, 2.75) is 19.4 Å². The van der Waals surface area contributed by atoms with Crippen molar-refractivity contribution in [3.05, 3.63) is 80.0 Å². The first-order chi connectivity index (χ1) is 14.9. The monoisotopic (exact) mass is 422 g/mol. The van der Waals surface area contributed by atoms with Crippen LogP contribution in [0.1, 0.15) is 28.8 Å². The van der Waals surface area contributed by atoms with E-state index in [0.717, 1.165) is 48.8 Å². The van der Waals surface area contributed by atoms with Crippen LogP contribution in [-0.4, -0.2) is 38.8 Å². The molecule has 158 valence electrons. The standard InChI is InChI=1S/C21H18N4O6/c26-21(15-10-16(24(27)28)12-17(11-15)25(29)30)31-19-6-5-14(13-23-8-1-2-9-23)18-4-3-7-22-20(18)19/h3-7,10-12H,1-2,8-9,13H2. The first-order valence-electron chi connectivity index (χ1n) is 9.67. The summed E-state index contributed by atoms with van der Waals surface area (Å²) in [6.45, 7) is 2.82. The van der Waals surface area contributed by atoms with E-state index < -0.39 is 27.2 Å². The number of carbonyl (C=O) groups excluding carboxylic acids is 1. The summed E-state index contributed by atoms with van der Waals surface area (Å²) in [5.41, 5.74) is 0.115. The van der Waals surface area contributed by atoms with E-state index in [1.54, 1.807) is 18.3 Å². The second-order valence-corrected chi connectivity index (χ2v) is 7.25. The number of non-ortho nitro benzene ring substituents is 2. The van der Waals surface area contributed by atoms with Gasteiger partial charge in [-0.05, 0) is 43.6 Å². The Morgan fingerprint density at radius 3 is 2.35 bits per heavy atom. The van der Waals surface area contributed by atoms with E-state index in [1.165, 1.54) is 12.8 Å². The average molecular weight is 422 g/mol. The van der Waals surface area contributed by atoms with Crippen molar-refractivity contribution in [3.63, 3.8) is 0 Å². The molecule has 0 amide bonds. The number of nitrogens with zero attached hydrogens (tertiary/aromatic N) is 4. The maximum absolute atomic E-state index is 12.7. The molecule has 3 aromatic rings. The third-order valence-electron chi connectivity index (χ3n) is 5.18. The van der Waals surface area contributed by atoms with Crippen LogP contribution in [0.2, 0.25) is 0 Å². The van der Waals surface area contributed by atoms with Gasteiger partial charge in [-0.15, -0.1) is 0 Å². The summed E-state index contributed by atoms with van der Waals surface area (Å²) in [6.07, 6.45) is 3.92. The zero-order valence-electron chi connectivity index (χ0n) is 16.4. The van der Waals surface area contributed by atoms with Crippen LogP contribution in [0.4, 0.5) is 11.4 Å². The SMILES string of the molecule is O=C(Oc1ccc(CN2CCCC2)c2cccnc12)c1cc([N+](=O)[O-])cc([N+](=O)[O-])c1. The van der Waals surface area contributed by atoms with Crippen LogP contribution in [-0.2, 0) is 6.54 Å². The molecule has 4 rings (SSSR count). The Balaban J connectivity index is 1.66. The average Bonchev–Trinajstić information content (AvgIpc) is 3.28. The Bertz CT molecular complexity index is 1160. The highest BCUT2D eigenvalue weighted by molar-refractivity contribution is 5.96. The summed E-state index contributed by atoms with van der Waals surface area (Å²) in [6, 6.07) is 9.88. The maximum Gasteiger partial charge on any atom is 0.344 e. The van der Waals surface area contributed by atoms with E-state index in [0.29, 0.717) is 5.52 Å². The summed E-state index contributed by atoms with van der Waals surface area (Å²) in [5, 5.41) is 23.0. The van der Waals surface area contributed by atoms with Crippen molar-refractivity contribution in [2.75, 3.05) is 13.1 Å². The number of nitro groups is 2. The number of ether oxygens (including phenoxy) is 1. The van der Waals surface area contributed by atoms with Gasteiger partial charge in [0, 0.05) is 30.3 Å². The van der Waals surface area contributed by atoms with Crippen LogP contribution in [0, 0.1) is 20.2 Å². The minimum absolute atomic E-state index is 0.180. The number of esters is 1. The lowest BCUT2D eigenvalue weighted by atomic mass is 10.1. The molecule has 0 radical (unpaired) electrons. The molecule has 10 nitrogen and oxygen atoms in total. The van der Waals surface area contributed by atoms with Crippen molar-refractivity contribution in [2.24, 2.45) is 0 Å². The Hall–Kier alpha value is -3.92. The van der Waals surface area contributed by atoms with Gasteiger partial charge in [0.05, 0.1) is 21.5 Å². The van der Waals surface area contributed by atoms with E-state index in [9.17, 15) is 25.0 Å². The number of nitro benzene ring substituents is 2. The van der Waals surface area contributed by atoms with Gasteiger partial charge in [0.25, 0.3) is 11.4 Å². The summed E-state index contributed by atoms with van der Waals surface area (Å²) in [7, 11) is 0. The molecule has 0 N–H and O–H groups in total. The fraction of sp³-hybridized carbons (Fsp3) is 0.238. The molecule has 1 aliphatic rings. The molecule has 31 heavy (non-hydrogen) atoms. The lowest BCUT2D eigenvalue weighted by Crippen LogP contribution is -2.18. The Morgan fingerprint density at radius 1 is 1.03 bits per heavy atom. The minimum atomic E-state index is -0.939. The maximum atomic E-state index is 12.7. The summed E-state index contributed by atoms with van der Waals surface area (Å²) in [5.74, 6) is -0.758. The molecule has 10 heteroatoms. The van der Waals surface area contributed by atoms with Gasteiger partial charge in [-0.3, -0.25) is 30.1 Å². The third kappa shape index (κ3) is 4.33. The molecule has 1 fully saturated rings. The first kappa shape index (κ1) is 20.4. The van der Waals surface area contributed by atoms with Crippen molar-refractivity contribution in [3.8, 4) is 5.75 Å². The van der Waals surface area contributed by atoms with Crippen LogP contribution in [0.15, 0.2) is 48.7 Å². The summed E-state index contributed by atoms with van der Waals surface area (Å²) >= 11 is 0. The number of pyridine rings is 1. The highest BCUT2D eigenvalue weighted by Crippen LogP contribution is 2.30. The second kappa shape index (κ2) is 8.44. The first-order valence-corrected chi connectivity index (χ1v) is 9.67. The molecule has 0 bridgehead atoms. The number of rotatable bonds is 6. The topological polar surface area (TPSA) is 129 Å². The minimum Gasteiger partial charge on any atom is -0.421 e. The second-order valence-electron chi connectivity index (χ2n) is 7.25. The quantitative estimate of drug-likeness (QED) is 0.253. The third-order valence-corrected chi connectivity index (χ3v) is 5.18. The molecule has 1 aromatic heterocycles. The zero-order valence-corrected chi connectivity index (χ0v) is 16.4. The van der Waals surface area contributed by atoms with Crippen LogP contribution >= 0.6 is 0 Å². The molecule has 2 aromatic carbocycles. The highest BCUT2D eigenvalue weighted by atomic mass is 16.6. The smallest absolute Gasteiger partial charge is 0.344 e. The Morgan fingerprint density at radius 2 is 1.71 bits per heavy atom. The van der Waals surface area contributed by atoms with Crippen molar-refractivity contribution >= 4 is 28.2 Å². The largest absolute Gasteiger partial charge is 0.421 e. The van der Waals surface area contributed by atoms with Gasteiger partial charge in [-0.25, -0.2) is 4.79 Å². The number of hydrogen-bond donors (Lipinski definition) is 0. The molecule has 0 aliphatic carbocycles. The van der Waals surface area contributed by atoms with Crippen molar-refractivity contribution in [1.82, 2.24) is 9.88 Å². The molecule has 1 saturated heterocycles. The van der Waals surface area contributed by atoms with Gasteiger partial charge in [0.2, 0.25) is 0 Å². The highest BCUT2D eigenvalue weighted by Gasteiger charge is 2.22. The van der Waals surface area contributed by atoms with Gasteiger partial charge in [-0.2, -0.15) is 0 Å². The Labute approximate surface area is 176 Å². The number of fused-ring (bicyclic) bond motifs is 1. The van der Waals surface area contributed by atoms with Crippen molar-refractivity contribution < 1.29 is 19.4 Å². The molecule has 0 unspecified atom stereocenters. The fourth-order valence-electron chi connectivity index (χ4n) is 3.69. The van der Waals surface area contributed by atoms with Crippen LogP contribution in [0.25, 0.3) is 10.9 Å². The van der Waals surface area contributed by atoms with Crippen LogP contribution < -0.4 is 4.74 Å². The Kier molecular flexibility index (Phi) is 5.54. The lowest BCUT2D eigenvalue weighted by molar-refractivity contribution is -0.394. The zero-order chi connectivity index (χ0) is 22.0. The summed E-state index contributed by atoms with van der Waals surface area (Å²) < 4.78 is 5.45. The molecule has 0 saturated carbocycles. The number of aromatic nitrogens is 1. The van der Waals surface area contributed by atoms with Gasteiger partial charge >= 0.3 is 5.97 Å². The number of carbonyl (C=O) groups is 1. The van der Waals surface area contributed by atoms with Crippen molar-refractivity contribution in [1.29, 1.82) is 0 Å². The van der Waals surface area contributed by atoms with Gasteiger partial charge < -0.3 is 4.74 Å². The predicted octanol–water partition coefficient (Wildman–Crippen LogP) is 3.87. The predicted molar refractivity (Wildman–Crippen MR) is 111 cm³/mol. The van der Waals surface area contributed by atoms with Gasteiger partial charge in [-0.1, -0.05) is 12.1 Å². The van der Waals surface area contributed by atoms with E-state index >= 15 is 0 Å². The molecule has 2 heterocycles. The number of likely N-dealkylation sites (tertiary alicyclic amines) is 1. The molecule has 1 aliphatic heterocycles. The normalized spacial score (nSPS) is 13.9. The lowest BCUT2D eigenvalue weighted by Gasteiger charge is -2.17. The van der Waals surface area contributed by atoms with Gasteiger partial charge in [0.1, 0.15) is 5.52 Å². The number of hydrogen-bond acceptors (Lipinski definition) is 8. The molecule has 0 atom stereocenters. The van der Waals surface area contributed by atoms with E-state index in [2.05, 4.69) is 9.88 Å². The summed E-state index contributed by atoms with van der Waals surface area (Å²) in [4.78, 5) is 39.9. The van der Waals surface area contributed by atoms with E-state index in [1.807, 2.05) is 12.1 Å². The fourth-order valence-corrected chi connectivity index (χ4v) is 3.69. The van der Waals surface area contributed by atoms with E-state index in [-0.39, 0.29) is 11.3 Å². The van der Waals surface area contributed by atoms with Gasteiger partial charge in [0.15, 0.2) is 5.75 Å².